The van der Waals surface area contributed by atoms with E-state index < -0.39 is 22.9 Å². The zero-order valence-corrected chi connectivity index (χ0v) is 10.4. The number of nitro groups is 1. The predicted octanol–water partition coefficient (Wildman–Crippen LogP) is 1.82. The lowest BCUT2D eigenvalue weighted by atomic mass is 10.0. The monoisotopic (exact) mass is 253 g/mol. The number of aromatic nitrogens is 1. The Labute approximate surface area is 104 Å². The van der Waals surface area contributed by atoms with Crippen LogP contribution in [0.1, 0.15) is 19.5 Å². The number of hydrogen-bond acceptors (Lipinski definition) is 5. The van der Waals surface area contributed by atoms with Crippen LogP contribution < -0.4 is 5.32 Å². The first-order valence-electron chi connectivity index (χ1n) is 5.44. The smallest absolute Gasteiger partial charge is 0.311 e. The molecule has 7 heteroatoms. The van der Waals surface area contributed by atoms with Crippen LogP contribution in [0.2, 0.25) is 0 Å². The normalized spacial score (nSPS) is 13.7. The Bertz CT molecular complexity index is 475. The number of carboxylic acids is 1. The standard InChI is InChI=1S/C11H15N3O4/c1-6-4-5-9(14(17)18)10(12-6)13-8(3)7(2)11(15)16/h4-5,7-8H,1-3H3,(H,12,13)(H,15,16). The van der Waals surface area contributed by atoms with Crippen LogP contribution in [0.3, 0.4) is 0 Å². The molecule has 0 spiro atoms. The number of rotatable bonds is 5. The average Bonchev–Trinajstić information content (AvgIpc) is 2.27. The number of nitrogens with zero attached hydrogens (tertiary/aromatic N) is 2. The van der Waals surface area contributed by atoms with Crippen molar-refractivity contribution in [3.63, 3.8) is 0 Å². The third-order valence-electron chi connectivity index (χ3n) is 2.71. The van der Waals surface area contributed by atoms with E-state index in [1.807, 2.05) is 0 Å². The van der Waals surface area contributed by atoms with Crippen molar-refractivity contribution in [3.8, 4) is 0 Å². The van der Waals surface area contributed by atoms with Gasteiger partial charge in [-0.25, -0.2) is 4.98 Å². The van der Waals surface area contributed by atoms with Crippen LogP contribution >= 0.6 is 0 Å². The molecule has 1 aromatic rings. The second-order valence-corrected chi connectivity index (χ2v) is 4.14. The van der Waals surface area contributed by atoms with Gasteiger partial charge >= 0.3 is 11.7 Å². The Balaban J connectivity index is 2.99. The van der Waals surface area contributed by atoms with E-state index in [0.717, 1.165) is 0 Å². The maximum atomic E-state index is 10.8. The van der Waals surface area contributed by atoms with Gasteiger partial charge in [0.15, 0.2) is 0 Å². The number of carboxylic acid groups (broad SMARTS) is 1. The van der Waals surface area contributed by atoms with E-state index in [1.54, 1.807) is 13.8 Å². The lowest BCUT2D eigenvalue weighted by molar-refractivity contribution is -0.384. The van der Waals surface area contributed by atoms with E-state index in [0.29, 0.717) is 5.69 Å². The fraction of sp³-hybridized carbons (Fsp3) is 0.455. The molecule has 2 N–H and O–H groups in total. The molecule has 0 aliphatic carbocycles. The minimum atomic E-state index is -0.967. The molecule has 0 saturated carbocycles. The second-order valence-electron chi connectivity index (χ2n) is 4.14. The Hall–Kier alpha value is -2.18. The number of hydrogen-bond donors (Lipinski definition) is 2. The van der Waals surface area contributed by atoms with E-state index in [4.69, 9.17) is 5.11 Å². The largest absolute Gasteiger partial charge is 0.481 e. The van der Waals surface area contributed by atoms with E-state index in [1.165, 1.54) is 19.1 Å². The van der Waals surface area contributed by atoms with Gasteiger partial charge in [-0.05, 0) is 26.8 Å². The van der Waals surface area contributed by atoms with Crippen LogP contribution in [0.25, 0.3) is 0 Å². The van der Waals surface area contributed by atoms with Gasteiger partial charge in [0.2, 0.25) is 5.82 Å². The van der Waals surface area contributed by atoms with Crippen molar-refractivity contribution in [2.75, 3.05) is 5.32 Å². The first kappa shape index (κ1) is 13.9. The zero-order valence-electron chi connectivity index (χ0n) is 10.4. The van der Waals surface area contributed by atoms with Crippen LogP contribution in [0, 0.1) is 23.0 Å². The summed E-state index contributed by atoms with van der Waals surface area (Å²) in [5.74, 6) is -1.54. The summed E-state index contributed by atoms with van der Waals surface area (Å²) in [5.41, 5.74) is 0.461. The van der Waals surface area contributed by atoms with Gasteiger partial charge in [-0.15, -0.1) is 0 Å². The highest BCUT2D eigenvalue weighted by Crippen LogP contribution is 2.23. The third-order valence-corrected chi connectivity index (χ3v) is 2.71. The van der Waals surface area contributed by atoms with E-state index in [2.05, 4.69) is 10.3 Å². The topological polar surface area (TPSA) is 105 Å². The summed E-state index contributed by atoms with van der Waals surface area (Å²) < 4.78 is 0. The number of aliphatic carboxylic acids is 1. The first-order valence-corrected chi connectivity index (χ1v) is 5.44. The summed E-state index contributed by atoms with van der Waals surface area (Å²) in [6, 6.07) is 2.42. The van der Waals surface area contributed by atoms with Gasteiger partial charge in [0.1, 0.15) is 0 Å². The van der Waals surface area contributed by atoms with Crippen molar-refractivity contribution in [1.82, 2.24) is 4.98 Å². The van der Waals surface area contributed by atoms with Gasteiger partial charge in [0, 0.05) is 17.8 Å². The fourth-order valence-corrected chi connectivity index (χ4v) is 1.36. The molecular formula is C11H15N3O4. The molecule has 0 aromatic carbocycles. The molecule has 2 atom stereocenters. The molecule has 0 radical (unpaired) electrons. The maximum absolute atomic E-state index is 10.8. The number of anilines is 1. The van der Waals surface area contributed by atoms with Gasteiger partial charge in [-0.1, -0.05) is 0 Å². The van der Waals surface area contributed by atoms with Gasteiger partial charge in [-0.3, -0.25) is 14.9 Å². The Morgan fingerprint density at radius 2 is 2.11 bits per heavy atom. The Morgan fingerprint density at radius 1 is 1.50 bits per heavy atom. The third kappa shape index (κ3) is 3.16. The summed E-state index contributed by atoms with van der Waals surface area (Å²) in [5, 5.41) is 22.5. The minimum Gasteiger partial charge on any atom is -0.481 e. The molecule has 1 rings (SSSR count). The Morgan fingerprint density at radius 3 is 2.61 bits per heavy atom. The fourth-order valence-electron chi connectivity index (χ4n) is 1.36. The highest BCUT2D eigenvalue weighted by Gasteiger charge is 2.23. The molecule has 7 nitrogen and oxygen atoms in total. The molecular weight excluding hydrogens is 238 g/mol. The van der Waals surface area contributed by atoms with Crippen molar-refractivity contribution >= 4 is 17.5 Å². The lowest BCUT2D eigenvalue weighted by Gasteiger charge is -2.18. The number of nitrogens with one attached hydrogen (secondary N) is 1. The molecule has 0 amide bonds. The van der Waals surface area contributed by atoms with Crippen LogP contribution in [0.5, 0.6) is 0 Å². The minimum absolute atomic E-state index is 0.0978. The lowest BCUT2D eigenvalue weighted by Crippen LogP contribution is -2.30. The van der Waals surface area contributed by atoms with E-state index >= 15 is 0 Å². The number of carbonyl (C=O) groups is 1. The SMILES string of the molecule is Cc1ccc([N+](=O)[O-])c(NC(C)C(C)C(=O)O)n1. The maximum Gasteiger partial charge on any atom is 0.311 e. The van der Waals surface area contributed by atoms with Crippen molar-refractivity contribution in [3.05, 3.63) is 27.9 Å². The summed E-state index contributed by atoms with van der Waals surface area (Å²) in [7, 11) is 0. The van der Waals surface area contributed by atoms with Gasteiger partial charge < -0.3 is 10.4 Å². The van der Waals surface area contributed by atoms with Crippen molar-refractivity contribution < 1.29 is 14.8 Å². The van der Waals surface area contributed by atoms with Gasteiger partial charge in [0.25, 0.3) is 0 Å². The second kappa shape index (κ2) is 5.44. The first-order chi connectivity index (χ1) is 8.32. The summed E-state index contributed by atoms with van der Waals surface area (Å²) in [4.78, 5) is 25.1. The van der Waals surface area contributed by atoms with Crippen molar-refractivity contribution in [2.45, 2.75) is 26.8 Å². The molecule has 1 aromatic heterocycles. The highest BCUT2D eigenvalue weighted by atomic mass is 16.6. The summed E-state index contributed by atoms with van der Waals surface area (Å²) in [6.45, 7) is 4.88. The molecule has 98 valence electrons. The molecule has 0 fully saturated rings. The van der Waals surface area contributed by atoms with Gasteiger partial charge in [0.05, 0.1) is 10.8 Å². The molecule has 1 heterocycles. The number of pyridine rings is 1. The molecule has 0 aliphatic heterocycles. The van der Waals surface area contributed by atoms with Crippen LogP contribution in [0.4, 0.5) is 11.5 Å². The van der Waals surface area contributed by atoms with Crippen molar-refractivity contribution in [2.24, 2.45) is 5.92 Å². The van der Waals surface area contributed by atoms with Crippen LogP contribution in [-0.2, 0) is 4.79 Å². The predicted molar refractivity (Wildman–Crippen MR) is 65.5 cm³/mol. The molecule has 0 saturated heterocycles. The van der Waals surface area contributed by atoms with Crippen LogP contribution in [-0.4, -0.2) is 27.0 Å². The summed E-state index contributed by atoms with van der Waals surface area (Å²) in [6.07, 6.45) is 0. The number of aryl methyl sites for hydroxylation is 1. The summed E-state index contributed by atoms with van der Waals surface area (Å²) >= 11 is 0. The molecule has 0 bridgehead atoms. The highest BCUT2D eigenvalue weighted by molar-refractivity contribution is 5.71. The molecule has 0 aliphatic rings. The molecule has 18 heavy (non-hydrogen) atoms. The Kier molecular flexibility index (Phi) is 4.19. The van der Waals surface area contributed by atoms with E-state index in [9.17, 15) is 14.9 Å². The zero-order chi connectivity index (χ0) is 13.9. The van der Waals surface area contributed by atoms with Crippen molar-refractivity contribution in [1.29, 1.82) is 0 Å². The quantitative estimate of drug-likeness (QED) is 0.612. The average molecular weight is 253 g/mol. The molecule has 2 unspecified atom stereocenters. The van der Waals surface area contributed by atoms with Crippen LogP contribution in [0.15, 0.2) is 12.1 Å². The van der Waals surface area contributed by atoms with Gasteiger partial charge in [-0.2, -0.15) is 0 Å². The van der Waals surface area contributed by atoms with E-state index in [-0.39, 0.29) is 11.5 Å².